The molecular weight excluding hydrogens is 333 g/mol. The van der Waals surface area contributed by atoms with Crippen molar-refractivity contribution in [2.75, 3.05) is 5.32 Å². The fourth-order valence-corrected chi connectivity index (χ4v) is 2.42. The number of carbonyl (C=O) groups excluding carboxylic acids is 1. The van der Waals surface area contributed by atoms with Crippen LogP contribution in [0.25, 0.3) is 10.9 Å². The van der Waals surface area contributed by atoms with Crippen molar-refractivity contribution >= 4 is 34.1 Å². The van der Waals surface area contributed by atoms with Gasteiger partial charge in [-0.3, -0.25) is 9.59 Å². The topological polar surface area (TPSA) is 74.8 Å². The Kier molecular flexibility index (Phi) is 4.31. The minimum Gasteiger partial charge on any atom is -0.326 e. The average molecular weight is 346 g/mol. The Morgan fingerprint density at radius 2 is 2.00 bits per heavy atom. The molecule has 1 aromatic heterocycles. The molecule has 0 aliphatic heterocycles. The van der Waals surface area contributed by atoms with Crippen LogP contribution in [0.3, 0.4) is 0 Å². The normalized spacial score (nSPS) is 10.8. The van der Waals surface area contributed by atoms with E-state index in [1.54, 1.807) is 12.1 Å². The number of aromatic nitrogens is 2. The number of fused-ring (bicyclic) bond motifs is 1. The number of carbonyl (C=O) groups is 1. The lowest BCUT2D eigenvalue weighted by atomic mass is 10.2. The van der Waals surface area contributed by atoms with Crippen LogP contribution in [0, 0.1) is 12.7 Å². The molecule has 3 rings (SSSR count). The van der Waals surface area contributed by atoms with Crippen molar-refractivity contribution in [3.63, 3.8) is 0 Å². The second-order valence-electron chi connectivity index (χ2n) is 5.39. The molecule has 1 heterocycles. The summed E-state index contributed by atoms with van der Waals surface area (Å²) in [4.78, 5) is 30.7. The standard InChI is InChI=1S/C17H13ClFN3O2/c1-9-2-4-10(5-3-9)20-16(23)8-15-21-14-7-13(19)12(18)6-11(14)17(24)22-15/h2-7H,8H2,1H3,(H,20,23)(H,21,22,24). The summed E-state index contributed by atoms with van der Waals surface area (Å²) >= 11 is 5.67. The highest BCUT2D eigenvalue weighted by molar-refractivity contribution is 6.31. The molecular formula is C17H13ClFN3O2. The lowest BCUT2D eigenvalue weighted by molar-refractivity contribution is -0.115. The Labute approximate surface area is 141 Å². The number of nitrogens with zero attached hydrogens (tertiary/aromatic N) is 1. The number of aromatic amines is 1. The van der Waals surface area contributed by atoms with E-state index in [1.165, 1.54) is 6.07 Å². The molecule has 122 valence electrons. The van der Waals surface area contributed by atoms with Gasteiger partial charge in [0.05, 0.1) is 22.3 Å². The molecule has 3 aromatic rings. The Morgan fingerprint density at radius 1 is 1.29 bits per heavy atom. The van der Waals surface area contributed by atoms with Crippen LogP contribution in [-0.2, 0) is 11.2 Å². The molecule has 0 saturated carbocycles. The molecule has 0 saturated heterocycles. The molecule has 0 unspecified atom stereocenters. The smallest absolute Gasteiger partial charge is 0.258 e. The summed E-state index contributed by atoms with van der Waals surface area (Å²) in [5.74, 6) is -0.855. The maximum absolute atomic E-state index is 13.5. The quantitative estimate of drug-likeness (QED) is 0.765. The maximum atomic E-state index is 13.5. The van der Waals surface area contributed by atoms with Crippen molar-refractivity contribution in [2.24, 2.45) is 0 Å². The number of benzene rings is 2. The number of hydrogen-bond donors (Lipinski definition) is 2. The third-order valence-electron chi connectivity index (χ3n) is 3.46. The van der Waals surface area contributed by atoms with E-state index in [2.05, 4.69) is 15.3 Å². The molecule has 0 atom stereocenters. The van der Waals surface area contributed by atoms with Gasteiger partial charge in [-0.05, 0) is 25.1 Å². The van der Waals surface area contributed by atoms with Gasteiger partial charge in [-0.25, -0.2) is 9.37 Å². The van der Waals surface area contributed by atoms with E-state index in [4.69, 9.17) is 11.6 Å². The summed E-state index contributed by atoms with van der Waals surface area (Å²) in [5.41, 5.74) is 1.40. The van der Waals surface area contributed by atoms with Gasteiger partial charge >= 0.3 is 0 Å². The third-order valence-corrected chi connectivity index (χ3v) is 3.75. The molecule has 1 amide bonds. The fourth-order valence-electron chi connectivity index (χ4n) is 2.26. The van der Waals surface area contributed by atoms with E-state index in [-0.39, 0.29) is 34.1 Å². The largest absolute Gasteiger partial charge is 0.326 e. The van der Waals surface area contributed by atoms with E-state index in [1.807, 2.05) is 19.1 Å². The van der Waals surface area contributed by atoms with Crippen LogP contribution in [0.1, 0.15) is 11.4 Å². The van der Waals surface area contributed by atoms with Gasteiger partial charge in [0.25, 0.3) is 5.56 Å². The van der Waals surface area contributed by atoms with E-state index in [0.717, 1.165) is 11.6 Å². The number of rotatable bonds is 3. The molecule has 2 aromatic carbocycles. The molecule has 0 aliphatic rings. The van der Waals surface area contributed by atoms with Crippen LogP contribution in [0.4, 0.5) is 10.1 Å². The molecule has 5 nitrogen and oxygen atoms in total. The second-order valence-corrected chi connectivity index (χ2v) is 5.79. The van der Waals surface area contributed by atoms with E-state index in [0.29, 0.717) is 5.69 Å². The highest BCUT2D eigenvalue weighted by Crippen LogP contribution is 2.19. The summed E-state index contributed by atoms with van der Waals surface area (Å²) in [6, 6.07) is 9.60. The number of aryl methyl sites for hydroxylation is 1. The first-order valence-corrected chi connectivity index (χ1v) is 7.54. The van der Waals surface area contributed by atoms with Crippen LogP contribution < -0.4 is 10.9 Å². The van der Waals surface area contributed by atoms with Gasteiger partial charge in [-0.15, -0.1) is 0 Å². The Bertz CT molecular complexity index is 984. The first kappa shape index (κ1) is 16.1. The predicted molar refractivity (Wildman–Crippen MR) is 90.8 cm³/mol. The van der Waals surface area contributed by atoms with Crippen molar-refractivity contribution in [3.8, 4) is 0 Å². The highest BCUT2D eigenvalue weighted by atomic mass is 35.5. The Morgan fingerprint density at radius 3 is 2.71 bits per heavy atom. The van der Waals surface area contributed by atoms with Crippen LogP contribution in [0.5, 0.6) is 0 Å². The fraction of sp³-hybridized carbons (Fsp3) is 0.118. The number of hydrogen-bond acceptors (Lipinski definition) is 3. The average Bonchev–Trinajstić information content (AvgIpc) is 2.52. The predicted octanol–water partition coefficient (Wildman–Crippen LogP) is 3.21. The van der Waals surface area contributed by atoms with Crippen LogP contribution >= 0.6 is 11.6 Å². The van der Waals surface area contributed by atoms with Gasteiger partial charge in [0, 0.05) is 11.8 Å². The molecule has 0 fully saturated rings. The van der Waals surface area contributed by atoms with Gasteiger partial charge < -0.3 is 10.3 Å². The molecule has 24 heavy (non-hydrogen) atoms. The summed E-state index contributed by atoms with van der Waals surface area (Å²) in [5, 5.41) is 2.73. The first-order valence-electron chi connectivity index (χ1n) is 7.17. The number of nitrogens with one attached hydrogen (secondary N) is 2. The van der Waals surface area contributed by atoms with E-state index in [9.17, 15) is 14.0 Å². The SMILES string of the molecule is Cc1ccc(NC(=O)Cc2nc3cc(F)c(Cl)cc3c(=O)[nH]2)cc1. The van der Waals surface area contributed by atoms with Crippen LogP contribution in [0.2, 0.25) is 5.02 Å². The van der Waals surface area contributed by atoms with E-state index >= 15 is 0 Å². The zero-order valence-electron chi connectivity index (χ0n) is 12.7. The molecule has 0 bridgehead atoms. The van der Waals surface area contributed by atoms with Gasteiger partial charge in [0.15, 0.2) is 0 Å². The minimum atomic E-state index is -0.669. The van der Waals surface area contributed by atoms with Crippen molar-refractivity contribution in [1.82, 2.24) is 9.97 Å². The van der Waals surface area contributed by atoms with Gasteiger partial charge in [-0.2, -0.15) is 0 Å². The summed E-state index contributed by atoms with van der Waals surface area (Å²) in [6.07, 6.45) is -0.136. The summed E-state index contributed by atoms with van der Waals surface area (Å²) < 4.78 is 13.5. The second kappa shape index (κ2) is 6.41. The van der Waals surface area contributed by atoms with Crippen molar-refractivity contribution in [1.29, 1.82) is 0 Å². The summed E-state index contributed by atoms with van der Waals surface area (Å²) in [7, 11) is 0. The molecule has 0 radical (unpaired) electrons. The summed E-state index contributed by atoms with van der Waals surface area (Å²) in [6.45, 7) is 1.95. The number of anilines is 1. The monoisotopic (exact) mass is 345 g/mol. The molecule has 2 N–H and O–H groups in total. The van der Waals surface area contributed by atoms with Crippen LogP contribution in [-0.4, -0.2) is 15.9 Å². The zero-order valence-corrected chi connectivity index (χ0v) is 13.4. The lowest BCUT2D eigenvalue weighted by Gasteiger charge is -2.06. The first-order chi connectivity index (χ1) is 11.4. The van der Waals surface area contributed by atoms with Gasteiger partial charge in [-0.1, -0.05) is 29.3 Å². The van der Waals surface area contributed by atoms with Crippen LogP contribution in [0.15, 0.2) is 41.2 Å². The molecule has 7 heteroatoms. The maximum Gasteiger partial charge on any atom is 0.258 e. The van der Waals surface area contributed by atoms with Crippen molar-refractivity contribution < 1.29 is 9.18 Å². The van der Waals surface area contributed by atoms with Crippen molar-refractivity contribution in [3.05, 3.63) is 69.0 Å². The van der Waals surface area contributed by atoms with Crippen molar-refractivity contribution in [2.45, 2.75) is 13.3 Å². The minimum absolute atomic E-state index is 0.136. The van der Waals surface area contributed by atoms with Gasteiger partial charge in [0.1, 0.15) is 11.6 Å². The lowest BCUT2D eigenvalue weighted by Crippen LogP contribution is -2.19. The highest BCUT2D eigenvalue weighted by Gasteiger charge is 2.11. The Balaban J connectivity index is 1.84. The Hall–Kier alpha value is -2.73. The zero-order chi connectivity index (χ0) is 17.3. The molecule has 0 spiro atoms. The molecule has 0 aliphatic carbocycles. The third kappa shape index (κ3) is 3.44. The number of halogens is 2. The van der Waals surface area contributed by atoms with Gasteiger partial charge in [0.2, 0.25) is 5.91 Å². The van der Waals surface area contributed by atoms with E-state index < -0.39 is 11.4 Å². The number of H-pyrrole nitrogens is 1. The number of amides is 1.